The third-order valence-electron chi connectivity index (χ3n) is 2.30. The molecule has 1 N–H and O–H groups in total. The van der Waals surface area contributed by atoms with Crippen molar-refractivity contribution in [2.75, 3.05) is 0 Å². The molecule has 0 radical (unpaired) electrons. The maximum absolute atomic E-state index is 12.0. The number of nitrogens with zero attached hydrogens (tertiary/aromatic N) is 2. The van der Waals surface area contributed by atoms with Crippen molar-refractivity contribution >= 4 is 49.1 Å². The molecule has 1 amide bonds. The molecule has 1 unspecified atom stereocenters. The van der Waals surface area contributed by atoms with E-state index >= 15 is 0 Å². The lowest BCUT2D eigenvalue weighted by Gasteiger charge is -2.13. The molecule has 0 spiro atoms. The highest BCUT2D eigenvalue weighted by atomic mass is 79.9. The molecule has 2 heterocycles. The number of thiophene rings is 1. The Kier molecular flexibility index (Phi) is 4.58. The predicted molar refractivity (Wildman–Crippen MR) is 78.9 cm³/mol. The summed E-state index contributed by atoms with van der Waals surface area (Å²) in [7, 11) is 0. The highest BCUT2D eigenvalue weighted by molar-refractivity contribution is 9.12. The summed E-state index contributed by atoms with van der Waals surface area (Å²) in [6.45, 7) is 2.61. The Morgan fingerprint density at radius 2 is 2.39 bits per heavy atom. The van der Waals surface area contributed by atoms with Crippen LogP contribution in [0.2, 0.25) is 0 Å². The molecule has 0 aliphatic heterocycles. The minimum Gasteiger partial charge on any atom is -0.348 e. The van der Waals surface area contributed by atoms with E-state index in [2.05, 4.69) is 42.3 Å². The highest BCUT2D eigenvalue weighted by Gasteiger charge is 2.15. The van der Waals surface area contributed by atoms with E-state index in [0.29, 0.717) is 12.1 Å². The van der Waals surface area contributed by atoms with Gasteiger partial charge >= 0.3 is 0 Å². The van der Waals surface area contributed by atoms with Gasteiger partial charge in [-0.15, -0.1) is 11.3 Å². The molecule has 4 nitrogen and oxygen atoms in total. The van der Waals surface area contributed by atoms with E-state index in [4.69, 9.17) is 0 Å². The van der Waals surface area contributed by atoms with Crippen LogP contribution < -0.4 is 5.32 Å². The van der Waals surface area contributed by atoms with E-state index in [1.165, 1.54) is 11.3 Å². The van der Waals surface area contributed by atoms with E-state index in [1.54, 1.807) is 10.9 Å². The van der Waals surface area contributed by atoms with Crippen LogP contribution in [0.3, 0.4) is 0 Å². The molecular weight excluding hydrogens is 382 g/mol. The van der Waals surface area contributed by atoms with Crippen molar-refractivity contribution in [3.63, 3.8) is 0 Å². The van der Waals surface area contributed by atoms with Gasteiger partial charge in [0.05, 0.1) is 19.7 Å². The first-order valence-electron chi connectivity index (χ1n) is 5.29. The van der Waals surface area contributed by atoms with Gasteiger partial charge < -0.3 is 5.32 Å². The number of amides is 1. The number of carbonyl (C=O) groups excluding carboxylic acids is 1. The Labute approximate surface area is 126 Å². The summed E-state index contributed by atoms with van der Waals surface area (Å²) >= 11 is 8.22. The Hall–Kier alpha value is -0.660. The second kappa shape index (κ2) is 5.99. The first-order valence-corrected chi connectivity index (χ1v) is 7.69. The third kappa shape index (κ3) is 3.43. The van der Waals surface area contributed by atoms with Crippen LogP contribution in [0.25, 0.3) is 0 Å². The molecule has 2 aromatic heterocycles. The molecule has 0 aliphatic rings. The molecule has 2 rings (SSSR count). The van der Waals surface area contributed by atoms with Crippen molar-refractivity contribution in [2.24, 2.45) is 0 Å². The molecule has 0 aromatic carbocycles. The number of nitrogens with one attached hydrogen (secondary N) is 1. The number of rotatable bonds is 4. The quantitative estimate of drug-likeness (QED) is 0.867. The molecule has 0 saturated heterocycles. The van der Waals surface area contributed by atoms with E-state index in [-0.39, 0.29) is 11.9 Å². The van der Waals surface area contributed by atoms with Crippen LogP contribution in [0.1, 0.15) is 17.3 Å². The van der Waals surface area contributed by atoms with Gasteiger partial charge in [0.25, 0.3) is 5.91 Å². The highest BCUT2D eigenvalue weighted by Crippen LogP contribution is 2.31. The smallest absolute Gasteiger partial charge is 0.253 e. The van der Waals surface area contributed by atoms with Gasteiger partial charge in [0, 0.05) is 18.4 Å². The van der Waals surface area contributed by atoms with Crippen molar-refractivity contribution in [1.29, 1.82) is 0 Å². The molecule has 0 aliphatic carbocycles. The van der Waals surface area contributed by atoms with Gasteiger partial charge in [0.2, 0.25) is 0 Å². The average Bonchev–Trinajstić information content (AvgIpc) is 2.88. The Balaban J connectivity index is 1.97. The minimum atomic E-state index is -0.0801. The van der Waals surface area contributed by atoms with Crippen LogP contribution in [-0.2, 0) is 6.54 Å². The number of carbonyl (C=O) groups is 1. The SMILES string of the molecule is CC(Cn1cccn1)NC(=O)c1cc(Br)sc1Br. The van der Waals surface area contributed by atoms with E-state index < -0.39 is 0 Å². The maximum atomic E-state index is 12.0. The van der Waals surface area contributed by atoms with Crippen LogP contribution in [0.15, 0.2) is 32.1 Å². The lowest BCUT2D eigenvalue weighted by molar-refractivity contribution is 0.0936. The van der Waals surface area contributed by atoms with Gasteiger partial charge in [-0.05, 0) is 50.9 Å². The van der Waals surface area contributed by atoms with Gasteiger partial charge in [0.1, 0.15) is 0 Å². The third-order valence-corrected chi connectivity index (χ3v) is 4.64. The zero-order valence-electron chi connectivity index (χ0n) is 9.56. The van der Waals surface area contributed by atoms with Crippen molar-refractivity contribution < 1.29 is 4.79 Å². The van der Waals surface area contributed by atoms with Gasteiger partial charge in [-0.1, -0.05) is 0 Å². The van der Waals surface area contributed by atoms with Crippen molar-refractivity contribution in [1.82, 2.24) is 15.1 Å². The first-order chi connectivity index (χ1) is 8.56. The molecule has 0 saturated carbocycles. The monoisotopic (exact) mass is 391 g/mol. The first kappa shape index (κ1) is 13.8. The Morgan fingerprint density at radius 3 is 2.94 bits per heavy atom. The van der Waals surface area contributed by atoms with Gasteiger partial charge in [-0.3, -0.25) is 9.48 Å². The summed E-state index contributed by atoms with van der Waals surface area (Å²) in [6.07, 6.45) is 3.60. The van der Waals surface area contributed by atoms with Gasteiger partial charge in [0.15, 0.2) is 0 Å². The number of hydrogen-bond donors (Lipinski definition) is 1. The van der Waals surface area contributed by atoms with E-state index in [0.717, 1.165) is 7.57 Å². The van der Waals surface area contributed by atoms with Crippen LogP contribution in [0.5, 0.6) is 0 Å². The minimum absolute atomic E-state index is 0.0166. The fourth-order valence-corrected chi connectivity index (χ4v) is 4.32. The lowest BCUT2D eigenvalue weighted by Crippen LogP contribution is -2.35. The maximum Gasteiger partial charge on any atom is 0.253 e. The van der Waals surface area contributed by atoms with Gasteiger partial charge in [-0.2, -0.15) is 5.10 Å². The normalized spacial score (nSPS) is 12.4. The molecule has 18 heavy (non-hydrogen) atoms. The molecule has 0 bridgehead atoms. The molecule has 2 aromatic rings. The molecular formula is C11H11Br2N3OS. The zero-order valence-corrected chi connectivity index (χ0v) is 13.5. The summed E-state index contributed by atoms with van der Waals surface area (Å²) in [6, 6.07) is 3.69. The summed E-state index contributed by atoms with van der Waals surface area (Å²) in [5.41, 5.74) is 0.652. The summed E-state index contributed by atoms with van der Waals surface area (Å²) in [4.78, 5) is 12.0. The molecule has 96 valence electrons. The van der Waals surface area contributed by atoms with Crippen LogP contribution >= 0.6 is 43.2 Å². The van der Waals surface area contributed by atoms with Crippen molar-refractivity contribution in [3.05, 3.63) is 37.7 Å². The van der Waals surface area contributed by atoms with E-state index in [1.807, 2.05) is 25.3 Å². The summed E-state index contributed by atoms with van der Waals surface area (Å²) in [5, 5.41) is 7.05. The number of hydrogen-bond acceptors (Lipinski definition) is 3. The van der Waals surface area contributed by atoms with Crippen molar-refractivity contribution in [2.45, 2.75) is 19.5 Å². The fraction of sp³-hybridized carbons (Fsp3) is 0.273. The Morgan fingerprint density at radius 1 is 1.61 bits per heavy atom. The largest absolute Gasteiger partial charge is 0.348 e. The van der Waals surface area contributed by atoms with Crippen molar-refractivity contribution in [3.8, 4) is 0 Å². The van der Waals surface area contributed by atoms with E-state index in [9.17, 15) is 4.79 Å². The standard InChI is InChI=1S/C11H11Br2N3OS/c1-7(6-16-4-2-3-14-16)15-11(17)8-5-9(12)18-10(8)13/h2-5,7H,6H2,1H3,(H,15,17). The summed E-state index contributed by atoms with van der Waals surface area (Å²) < 4.78 is 3.56. The number of aromatic nitrogens is 2. The van der Waals surface area contributed by atoms with Crippen LogP contribution in [0, 0.1) is 0 Å². The number of halogens is 2. The molecule has 1 atom stereocenters. The van der Waals surface area contributed by atoms with Crippen LogP contribution in [0.4, 0.5) is 0 Å². The summed E-state index contributed by atoms with van der Waals surface area (Å²) in [5.74, 6) is -0.0801. The second-order valence-corrected chi connectivity index (χ2v) is 7.59. The fourth-order valence-electron chi connectivity index (χ4n) is 1.53. The van der Waals surface area contributed by atoms with Crippen LogP contribution in [-0.4, -0.2) is 21.7 Å². The topological polar surface area (TPSA) is 46.9 Å². The predicted octanol–water partition coefficient (Wildman–Crippen LogP) is 3.29. The average molecular weight is 393 g/mol. The molecule has 0 fully saturated rings. The zero-order chi connectivity index (χ0) is 13.1. The molecule has 7 heteroatoms. The Bertz CT molecular complexity index is 538. The lowest BCUT2D eigenvalue weighted by atomic mass is 10.2. The van der Waals surface area contributed by atoms with Gasteiger partial charge in [-0.25, -0.2) is 0 Å². The second-order valence-electron chi connectivity index (χ2n) is 3.84.